The second kappa shape index (κ2) is 5.38. The Balaban J connectivity index is 2.24. The number of fused-ring (bicyclic) bond motifs is 3. The maximum atomic E-state index is 14.1. The summed E-state index contributed by atoms with van der Waals surface area (Å²) in [6, 6.07) is 2.73. The monoisotopic (exact) mass is 307 g/mol. The number of rotatable bonds is 4. The van der Waals surface area contributed by atoms with E-state index in [0.717, 1.165) is 49.4 Å². The summed E-state index contributed by atoms with van der Waals surface area (Å²) in [6.07, 6.45) is 3.99. The van der Waals surface area contributed by atoms with Crippen LogP contribution in [0.25, 0.3) is 10.9 Å². The molecule has 0 aliphatic heterocycles. The third-order valence-electron chi connectivity index (χ3n) is 4.80. The number of halogens is 2. The Hall–Kier alpha value is -1.91. The van der Waals surface area contributed by atoms with Gasteiger partial charge in [-0.3, -0.25) is 4.79 Å². The summed E-state index contributed by atoms with van der Waals surface area (Å²) < 4.78 is 27.5. The fourth-order valence-electron chi connectivity index (χ4n) is 3.98. The fourth-order valence-corrected chi connectivity index (χ4v) is 3.98. The SMILES string of the molecule is CCCC1(CC(=O)O)CCCc2c1[nH]c1c(F)c(F)ccc21. The zero-order chi connectivity index (χ0) is 15.9. The van der Waals surface area contributed by atoms with Crippen LogP contribution in [0, 0.1) is 11.6 Å². The van der Waals surface area contributed by atoms with E-state index < -0.39 is 23.0 Å². The smallest absolute Gasteiger partial charge is 0.304 e. The first-order valence-electron chi connectivity index (χ1n) is 7.69. The van der Waals surface area contributed by atoms with Gasteiger partial charge in [-0.05, 0) is 43.4 Å². The van der Waals surface area contributed by atoms with Gasteiger partial charge in [0.25, 0.3) is 0 Å². The van der Waals surface area contributed by atoms with E-state index >= 15 is 0 Å². The third kappa shape index (κ3) is 2.19. The van der Waals surface area contributed by atoms with Crippen LogP contribution in [0.15, 0.2) is 12.1 Å². The van der Waals surface area contributed by atoms with Crippen molar-refractivity contribution in [2.75, 3.05) is 0 Å². The molecule has 0 amide bonds. The van der Waals surface area contributed by atoms with Crippen molar-refractivity contribution < 1.29 is 18.7 Å². The Labute approximate surface area is 127 Å². The van der Waals surface area contributed by atoms with Crippen molar-refractivity contribution >= 4 is 16.9 Å². The molecular formula is C17H19F2NO2. The Morgan fingerprint density at radius 3 is 2.86 bits per heavy atom. The van der Waals surface area contributed by atoms with Crippen molar-refractivity contribution in [1.29, 1.82) is 0 Å². The Kier molecular flexibility index (Phi) is 3.67. The van der Waals surface area contributed by atoms with Crippen molar-refractivity contribution in [1.82, 2.24) is 4.98 Å². The highest BCUT2D eigenvalue weighted by molar-refractivity contribution is 5.86. The average molecular weight is 307 g/mol. The molecular weight excluding hydrogens is 288 g/mol. The number of carboxylic acid groups (broad SMARTS) is 1. The first kappa shape index (κ1) is 15.0. The number of aryl methyl sites for hydroxylation is 1. The molecule has 1 atom stereocenters. The van der Waals surface area contributed by atoms with E-state index in [0.29, 0.717) is 5.39 Å². The predicted octanol–water partition coefficient (Wildman–Crippen LogP) is 4.30. The molecule has 1 aliphatic rings. The second-order valence-corrected chi connectivity index (χ2v) is 6.22. The summed E-state index contributed by atoms with van der Waals surface area (Å²) in [5, 5.41) is 9.99. The van der Waals surface area contributed by atoms with Crippen LogP contribution in [0.4, 0.5) is 8.78 Å². The number of nitrogens with one attached hydrogen (secondary N) is 1. The highest BCUT2D eigenvalue weighted by Crippen LogP contribution is 2.45. The molecule has 1 unspecified atom stereocenters. The van der Waals surface area contributed by atoms with Gasteiger partial charge in [-0.25, -0.2) is 8.78 Å². The molecule has 22 heavy (non-hydrogen) atoms. The number of carboxylic acids is 1. The molecule has 0 spiro atoms. The maximum absolute atomic E-state index is 14.1. The van der Waals surface area contributed by atoms with Gasteiger partial charge in [0.2, 0.25) is 0 Å². The molecule has 0 saturated carbocycles. The number of benzene rings is 1. The van der Waals surface area contributed by atoms with Gasteiger partial charge in [-0.15, -0.1) is 0 Å². The standard InChI is InChI=1S/C17H19F2NO2/c1-2-7-17(9-13(21)22)8-3-4-11-10-5-6-12(18)14(19)15(10)20-16(11)17/h5-6,20H,2-4,7-9H2,1H3,(H,21,22). The van der Waals surface area contributed by atoms with E-state index in [1.807, 2.05) is 6.92 Å². The lowest BCUT2D eigenvalue weighted by molar-refractivity contribution is -0.138. The van der Waals surface area contributed by atoms with Gasteiger partial charge in [-0.1, -0.05) is 13.3 Å². The molecule has 1 aliphatic carbocycles. The minimum Gasteiger partial charge on any atom is -0.481 e. The van der Waals surface area contributed by atoms with Crippen LogP contribution < -0.4 is 0 Å². The Bertz CT molecular complexity index is 738. The van der Waals surface area contributed by atoms with E-state index in [2.05, 4.69) is 4.98 Å². The maximum Gasteiger partial charge on any atom is 0.304 e. The molecule has 2 N–H and O–H groups in total. The van der Waals surface area contributed by atoms with Crippen molar-refractivity contribution in [2.45, 2.75) is 50.9 Å². The quantitative estimate of drug-likeness (QED) is 0.885. The minimum atomic E-state index is -0.884. The predicted molar refractivity (Wildman–Crippen MR) is 80.0 cm³/mol. The molecule has 3 rings (SSSR count). The molecule has 1 aromatic carbocycles. The van der Waals surface area contributed by atoms with Crippen molar-refractivity contribution in [3.8, 4) is 0 Å². The van der Waals surface area contributed by atoms with Crippen LogP contribution in [0.3, 0.4) is 0 Å². The summed E-state index contributed by atoms with van der Waals surface area (Å²) >= 11 is 0. The molecule has 118 valence electrons. The van der Waals surface area contributed by atoms with Gasteiger partial charge in [0.1, 0.15) is 0 Å². The number of carbonyl (C=O) groups is 1. The Morgan fingerprint density at radius 2 is 2.18 bits per heavy atom. The molecule has 1 heterocycles. The molecule has 0 bridgehead atoms. The van der Waals surface area contributed by atoms with Crippen molar-refractivity contribution in [3.63, 3.8) is 0 Å². The largest absolute Gasteiger partial charge is 0.481 e. The number of H-pyrrole nitrogens is 1. The van der Waals surface area contributed by atoms with E-state index in [1.54, 1.807) is 6.07 Å². The van der Waals surface area contributed by atoms with Gasteiger partial charge >= 0.3 is 5.97 Å². The number of aromatic nitrogens is 1. The van der Waals surface area contributed by atoms with Gasteiger partial charge in [-0.2, -0.15) is 0 Å². The molecule has 3 nitrogen and oxygen atoms in total. The molecule has 2 aromatic rings. The topological polar surface area (TPSA) is 53.1 Å². The summed E-state index contributed by atoms with van der Waals surface area (Å²) in [7, 11) is 0. The van der Waals surface area contributed by atoms with Crippen LogP contribution in [0.5, 0.6) is 0 Å². The summed E-state index contributed by atoms with van der Waals surface area (Å²) in [5.74, 6) is -2.62. The van der Waals surface area contributed by atoms with Crippen LogP contribution in [-0.4, -0.2) is 16.1 Å². The number of aliphatic carboxylic acids is 1. The Morgan fingerprint density at radius 1 is 1.41 bits per heavy atom. The van der Waals surface area contributed by atoms with E-state index in [9.17, 15) is 18.7 Å². The normalized spacial score (nSPS) is 21.0. The lowest BCUT2D eigenvalue weighted by atomic mass is 9.68. The lowest BCUT2D eigenvalue weighted by Gasteiger charge is -2.36. The van der Waals surface area contributed by atoms with Crippen LogP contribution in [0.1, 0.15) is 50.3 Å². The van der Waals surface area contributed by atoms with Gasteiger partial charge in [0.15, 0.2) is 11.6 Å². The van der Waals surface area contributed by atoms with E-state index in [-0.39, 0.29) is 11.9 Å². The van der Waals surface area contributed by atoms with Crippen LogP contribution in [0.2, 0.25) is 0 Å². The van der Waals surface area contributed by atoms with Crippen LogP contribution in [-0.2, 0) is 16.6 Å². The molecule has 5 heteroatoms. The van der Waals surface area contributed by atoms with Crippen LogP contribution >= 0.6 is 0 Å². The van der Waals surface area contributed by atoms with Crippen molar-refractivity contribution in [2.24, 2.45) is 0 Å². The van der Waals surface area contributed by atoms with Gasteiger partial charge in [0.05, 0.1) is 11.9 Å². The van der Waals surface area contributed by atoms with E-state index in [1.165, 1.54) is 0 Å². The third-order valence-corrected chi connectivity index (χ3v) is 4.80. The number of hydrogen-bond donors (Lipinski definition) is 2. The highest BCUT2D eigenvalue weighted by Gasteiger charge is 2.40. The summed E-state index contributed by atoms with van der Waals surface area (Å²) in [6.45, 7) is 2.01. The summed E-state index contributed by atoms with van der Waals surface area (Å²) in [4.78, 5) is 14.4. The second-order valence-electron chi connectivity index (χ2n) is 6.22. The molecule has 0 fully saturated rings. The van der Waals surface area contributed by atoms with Gasteiger partial charge < -0.3 is 10.1 Å². The molecule has 1 aromatic heterocycles. The number of aromatic amines is 1. The molecule has 0 saturated heterocycles. The van der Waals surface area contributed by atoms with Crippen molar-refractivity contribution in [3.05, 3.63) is 35.0 Å². The van der Waals surface area contributed by atoms with Gasteiger partial charge in [0, 0.05) is 16.5 Å². The first-order chi connectivity index (χ1) is 10.5. The fraction of sp³-hybridized carbons (Fsp3) is 0.471. The average Bonchev–Trinajstić information content (AvgIpc) is 2.84. The highest BCUT2D eigenvalue weighted by atomic mass is 19.2. The molecule has 0 radical (unpaired) electrons. The number of hydrogen-bond acceptors (Lipinski definition) is 1. The van der Waals surface area contributed by atoms with E-state index in [4.69, 9.17) is 0 Å². The zero-order valence-electron chi connectivity index (χ0n) is 12.5. The first-order valence-corrected chi connectivity index (χ1v) is 7.69. The minimum absolute atomic E-state index is 0.0186. The lowest BCUT2D eigenvalue weighted by Crippen LogP contribution is -2.33. The zero-order valence-corrected chi connectivity index (χ0v) is 12.5. The summed E-state index contributed by atoms with van der Waals surface area (Å²) in [5.41, 5.74) is 1.41.